The standard InChI is InChI=1S/C21H21NO4S/c1-26-20-14-13-19(17-10-5-6-11-18(17)20)22-21(23)12-7-15-27(24,25)16-8-3-2-4-9-16/h2-6,8-11,13-14H,7,12,15H2,1H3,(H,22,23). The predicted molar refractivity (Wildman–Crippen MR) is 107 cm³/mol. The lowest BCUT2D eigenvalue weighted by Crippen LogP contribution is -2.14. The van der Waals surface area contributed by atoms with Gasteiger partial charge in [-0.1, -0.05) is 42.5 Å². The van der Waals surface area contributed by atoms with Gasteiger partial charge in [0.05, 0.1) is 17.8 Å². The first-order chi connectivity index (χ1) is 13.0. The summed E-state index contributed by atoms with van der Waals surface area (Å²) >= 11 is 0. The molecule has 3 aromatic rings. The number of hydrogen-bond acceptors (Lipinski definition) is 4. The van der Waals surface area contributed by atoms with Crippen LogP contribution in [0.5, 0.6) is 5.75 Å². The van der Waals surface area contributed by atoms with Crippen LogP contribution < -0.4 is 10.1 Å². The van der Waals surface area contributed by atoms with Crippen LogP contribution in [0, 0.1) is 0 Å². The molecule has 1 N–H and O–H groups in total. The molecule has 0 aliphatic heterocycles. The molecule has 0 spiro atoms. The maximum absolute atomic E-state index is 12.3. The summed E-state index contributed by atoms with van der Waals surface area (Å²) in [6.07, 6.45) is 0.392. The van der Waals surface area contributed by atoms with Crippen LogP contribution in [0.2, 0.25) is 0 Å². The van der Waals surface area contributed by atoms with E-state index in [0.29, 0.717) is 5.69 Å². The second-order valence-corrected chi connectivity index (χ2v) is 8.25. The average molecular weight is 383 g/mol. The predicted octanol–water partition coefficient (Wildman–Crippen LogP) is 4.04. The van der Waals surface area contributed by atoms with Crippen molar-refractivity contribution in [3.63, 3.8) is 0 Å². The quantitative estimate of drug-likeness (QED) is 0.668. The molecular formula is C21H21NO4S. The molecule has 0 radical (unpaired) electrons. The van der Waals surface area contributed by atoms with Crippen LogP contribution in [0.1, 0.15) is 12.8 Å². The number of methoxy groups -OCH3 is 1. The molecule has 0 aliphatic rings. The van der Waals surface area contributed by atoms with E-state index in [-0.39, 0.29) is 29.4 Å². The zero-order chi connectivity index (χ0) is 19.3. The molecule has 140 valence electrons. The second kappa shape index (κ2) is 8.22. The van der Waals surface area contributed by atoms with E-state index in [1.807, 2.05) is 24.3 Å². The number of ether oxygens (including phenoxy) is 1. The number of amides is 1. The van der Waals surface area contributed by atoms with Crippen molar-refractivity contribution < 1.29 is 17.9 Å². The maximum Gasteiger partial charge on any atom is 0.224 e. The summed E-state index contributed by atoms with van der Waals surface area (Å²) < 4.78 is 29.9. The highest BCUT2D eigenvalue weighted by Gasteiger charge is 2.15. The number of sulfone groups is 1. The minimum Gasteiger partial charge on any atom is -0.496 e. The molecule has 3 rings (SSSR count). The number of fused-ring (bicyclic) bond motifs is 1. The van der Waals surface area contributed by atoms with Crippen molar-refractivity contribution in [1.82, 2.24) is 0 Å². The summed E-state index contributed by atoms with van der Waals surface area (Å²) in [5, 5.41) is 4.66. The Balaban J connectivity index is 1.64. The van der Waals surface area contributed by atoms with Gasteiger partial charge >= 0.3 is 0 Å². The van der Waals surface area contributed by atoms with E-state index in [1.165, 1.54) is 0 Å². The third-order valence-electron chi connectivity index (χ3n) is 4.30. The average Bonchev–Trinajstić information content (AvgIpc) is 2.69. The van der Waals surface area contributed by atoms with Gasteiger partial charge in [0.15, 0.2) is 9.84 Å². The zero-order valence-corrected chi connectivity index (χ0v) is 15.8. The fraction of sp³-hybridized carbons (Fsp3) is 0.190. The minimum absolute atomic E-state index is 0.0617. The number of rotatable bonds is 7. The van der Waals surface area contributed by atoms with Crippen molar-refractivity contribution in [2.75, 3.05) is 18.2 Å². The number of nitrogens with one attached hydrogen (secondary N) is 1. The molecule has 0 unspecified atom stereocenters. The molecule has 5 nitrogen and oxygen atoms in total. The monoisotopic (exact) mass is 383 g/mol. The highest BCUT2D eigenvalue weighted by molar-refractivity contribution is 7.91. The lowest BCUT2D eigenvalue weighted by Gasteiger charge is -2.11. The Hall–Kier alpha value is -2.86. The fourth-order valence-electron chi connectivity index (χ4n) is 2.94. The third-order valence-corrected chi connectivity index (χ3v) is 6.11. The van der Waals surface area contributed by atoms with Gasteiger partial charge < -0.3 is 10.1 Å². The highest BCUT2D eigenvalue weighted by atomic mass is 32.2. The van der Waals surface area contributed by atoms with Crippen LogP contribution in [0.3, 0.4) is 0 Å². The lowest BCUT2D eigenvalue weighted by molar-refractivity contribution is -0.116. The van der Waals surface area contributed by atoms with E-state index >= 15 is 0 Å². The number of hydrogen-bond donors (Lipinski definition) is 1. The maximum atomic E-state index is 12.3. The van der Waals surface area contributed by atoms with Crippen LogP contribution >= 0.6 is 0 Å². The summed E-state index contributed by atoms with van der Waals surface area (Å²) in [4.78, 5) is 12.6. The molecule has 27 heavy (non-hydrogen) atoms. The fourth-order valence-corrected chi connectivity index (χ4v) is 4.27. The summed E-state index contributed by atoms with van der Waals surface area (Å²) in [6.45, 7) is 0. The van der Waals surface area contributed by atoms with Gasteiger partial charge in [-0.3, -0.25) is 4.79 Å². The Kier molecular flexibility index (Phi) is 5.76. The van der Waals surface area contributed by atoms with E-state index in [9.17, 15) is 13.2 Å². The van der Waals surface area contributed by atoms with Crippen LogP contribution in [0.4, 0.5) is 5.69 Å². The first-order valence-electron chi connectivity index (χ1n) is 8.64. The first-order valence-corrected chi connectivity index (χ1v) is 10.3. The second-order valence-electron chi connectivity index (χ2n) is 6.14. The molecule has 0 fully saturated rings. The van der Waals surface area contributed by atoms with Crippen LogP contribution in [-0.4, -0.2) is 27.2 Å². The Morgan fingerprint density at radius 1 is 0.926 bits per heavy atom. The number of benzene rings is 3. The van der Waals surface area contributed by atoms with Crippen molar-refractivity contribution in [2.24, 2.45) is 0 Å². The van der Waals surface area contributed by atoms with Crippen LogP contribution in [0.15, 0.2) is 71.6 Å². The zero-order valence-electron chi connectivity index (χ0n) is 15.0. The van der Waals surface area contributed by atoms with Crippen molar-refractivity contribution in [2.45, 2.75) is 17.7 Å². The van der Waals surface area contributed by atoms with Crippen molar-refractivity contribution in [1.29, 1.82) is 0 Å². The summed E-state index contributed by atoms with van der Waals surface area (Å²) in [6, 6.07) is 19.5. The van der Waals surface area contributed by atoms with Crippen molar-refractivity contribution >= 4 is 32.2 Å². The van der Waals surface area contributed by atoms with Gasteiger partial charge in [-0.05, 0) is 30.7 Å². The lowest BCUT2D eigenvalue weighted by atomic mass is 10.1. The molecule has 0 saturated heterocycles. The number of anilines is 1. The molecule has 3 aromatic carbocycles. The SMILES string of the molecule is COc1ccc(NC(=O)CCCS(=O)(=O)c2ccccc2)c2ccccc12. The normalized spacial score (nSPS) is 11.3. The first kappa shape index (κ1) is 18.9. The molecule has 0 saturated carbocycles. The highest BCUT2D eigenvalue weighted by Crippen LogP contribution is 2.31. The van der Waals surface area contributed by atoms with Gasteiger partial charge in [0.2, 0.25) is 5.91 Å². The van der Waals surface area contributed by atoms with Gasteiger partial charge in [0, 0.05) is 22.9 Å². The van der Waals surface area contributed by atoms with Gasteiger partial charge in [0.1, 0.15) is 5.75 Å². The number of carbonyl (C=O) groups excluding carboxylic acids is 1. The molecule has 1 amide bonds. The Morgan fingerprint density at radius 3 is 2.30 bits per heavy atom. The van der Waals surface area contributed by atoms with E-state index < -0.39 is 9.84 Å². The summed E-state index contributed by atoms with van der Waals surface area (Å²) in [5.41, 5.74) is 0.683. The van der Waals surface area contributed by atoms with E-state index in [2.05, 4.69) is 5.32 Å². The van der Waals surface area contributed by atoms with Gasteiger partial charge in [0.25, 0.3) is 0 Å². The topological polar surface area (TPSA) is 72.5 Å². The van der Waals surface area contributed by atoms with Gasteiger partial charge in [-0.2, -0.15) is 0 Å². The Labute approximate surface area is 158 Å². The summed E-state index contributed by atoms with van der Waals surface area (Å²) in [7, 11) is -1.76. The molecule has 0 atom stereocenters. The minimum atomic E-state index is -3.37. The van der Waals surface area contributed by atoms with E-state index in [0.717, 1.165) is 16.5 Å². The molecule has 0 bridgehead atoms. The third kappa shape index (κ3) is 4.46. The largest absolute Gasteiger partial charge is 0.496 e. The van der Waals surface area contributed by atoms with E-state index in [4.69, 9.17) is 4.74 Å². The van der Waals surface area contributed by atoms with Gasteiger partial charge in [-0.25, -0.2) is 8.42 Å². The Morgan fingerprint density at radius 2 is 1.59 bits per heavy atom. The Bertz CT molecular complexity index is 1050. The molecule has 0 aromatic heterocycles. The molecule has 0 heterocycles. The molecular weight excluding hydrogens is 362 g/mol. The molecule has 0 aliphatic carbocycles. The van der Waals surface area contributed by atoms with Crippen LogP contribution in [-0.2, 0) is 14.6 Å². The summed E-state index contributed by atoms with van der Waals surface area (Å²) in [5.74, 6) is 0.458. The van der Waals surface area contributed by atoms with Crippen molar-refractivity contribution in [3.8, 4) is 5.75 Å². The smallest absolute Gasteiger partial charge is 0.224 e. The molecule has 6 heteroatoms. The van der Waals surface area contributed by atoms with E-state index in [1.54, 1.807) is 49.6 Å². The van der Waals surface area contributed by atoms with Gasteiger partial charge in [-0.15, -0.1) is 0 Å². The van der Waals surface area contributed by atoms with Crippen molar-refractivity contribution in [3.05, 3.63) is 66.7 Å². The van der Waals surface area contributed by atoms with Crippen LogP contribution in [0.25, 0.3) is 10.8 Å². The number of carbonyl (C=O) groups is 1.